The zero-order valence-corrected chi connectivity index (χ0v) is 15.4. The largest absolute Gasteiger partial charge is 0.338 e. The summed E-state index contributed by atoms with van der Waals surface area (Å²) < 4.78 is 0. The monoisotopic (exact) mass is 354 g/mol. The van der Waals surface area contributed by atoms with Crippen molar-refractivity contribution in [3.05, 3.63) is 71.8 Å². The summed E-state index contributed by atoms with van der Waals surface area (Å²) >= 11 is 0. The molecular formula is C21H28N3O2+. The van der Waals surface area contributed by atoms with Gasteiger partial charge in [-0.15, -0.1) is 0 Å². The lowest BCUT2D eigenvalue weighted by atomic mass is 10.0. The number of hydrogen-bond donors (Lipinski definition) is 3. The number of benzene rings is 2. The molecule has 0 aliphatic heterocycles. The standard InChI is InChI=1S/C21H27N3O2/c1-3-22-21(26)24-20(25)19(18-12-8-5-9-13-18)23-16(2)14-15-17-10-6-4-7-11-17/h4-13,16,19,23H,3,14-15H2,1-2H3,(H2,22,24,25,26)/p+1/t16-,19-/m1/s1. The van der Waals surface area contributed by atoms with E-state index in [1.54, 1.807) is 0 Å². The number of imide groups is 1. The Balaban J connectivity index is 2.01. The van der Waals surface area contributed by atoms with E-state index in [0.29, 0.717) is 6.54 Å². The smallest absolute Gasteiger partial charge is 0.321 e. The van der Waals surface area contributed by atoms with E-state index in [4.69, 9.17) is 0 Å². The minimum absolute atomic E-state index is 0.236. The Kier molecular flexibility index (Phi) is 7.83. The predicted octanol–water partition coefficient (Wildman–Crippen LogP) is 2.16. The van der Waals surface area contributed by atoms with Gasteiger partial charge < -0.3 is 10.6 Å². The molecule has 0 fully saturated rings. The van der Waals surface area contributed by atoms with Crippen molar-refractivity contribution >= 4 is 11.9 Å². The normalized spacial score (nSPS) is 12.8. The lowest BCUT2D eigenvalue weighted by Gasteiger charge is -2.20. The molecule has 3 amide bonds. The molecule has 0 heterocycles. The van der Waals surface area contributed by atoms with Crippen LogP contribution in [-0.4, -0.2) is 24.5 Å². The average molecular weight is 354 g/mol. The molecule has 2 atom stereocenters. The molecule has 2 aromatic rings. The van der Waals surface area contributed by atoms with Gasteiger partial charge in [-0.1, -0.05) is 60.7 Å². The second kappa shape index (κ2) is 10.4. The van der Waals surface area contributed by atoms with Crippen molar-refractivity contribution in [2.75, 3.05) is 6.54 Å². The number of nitrogens with one attached hydrogen (secondary N) is 2. The third-order valence-electron chi connectivity index (χ3n) is 4.27. The van der Waals surface area contributed by atoms with Crippen LogP contribution in [0.25, 0.3) is 0 Å². The van der Waals surface area contributed by atoms with E-state index in [9.17, 15) is 9.59 Å². The number of aryl methyl sites for hydroxylation is 1. The number of nitrogens with two attached hydrogens (primary N) is 1. The topological polar surface area (TPSA) is 74.8 Å². The number of hydrogen-bond acceptors (Lipinski definition) is 2. The number of quaternary nitrogens is 1. The second-order valence-electron chi connectivity index (χ2n) is 6.43. The van der Waals surface area contributed by atoms with Crippen LogP contribution < -0.4 is 16.0 Å². The summed E-state index contributed by atoms with van der Waals surface area (Å²) in [6, 6.07) is 19.2. The van der Waals surface area contributed by atoms with Crippen molar-refractivity contribution in [3.63, 3.8) is 0 Å². The quantitative estimate of drug-likeness (QED) is 0.679. The first-order chi connectivity index (χ1) is 12.6. The number of rotatable bonds is 8. The van der Waals surface area contributed by atoms with Gasteiger partial charge in [0.15, 0.2) is 6.04 Å². The maximum atomic E-state index is 12.6. The number of urea groups is 1. The summed E-state index contributed by atoms with van der Waals surface area (Å²) in [7, 11) is 0. The van der Waals surface area contributed by atoms with E-state index in [2.05, 4.69) is 29.7 Å². The van der Waals surface area contributed by atoms with Crippen LogP contribution in [0, 0.1) is 0 Å². The fourth-order valence-electron chi connectivity index (χ4n) is 2.87. The molecular weight excluding hydrogens is 326 g/mol. The lowest BCUT2D eigenvalue weighted by molar-refractivity contribution is -0.713. The molecule has 0 spiro atoms. The van der Waals surface area contributed by atoms with Gasteiger partial charge in [0.2, 0.25) is 0 Å². The van der Waals surface area contributed by atoms with Crippen LogP contribution >= 0.6 is 0 Å². The molecule has 2 rings (SSSR count). The van der Waals surface area contributed by atoms with Crippen LogP contribution in [0.4, 0.5) is 4.79 Å². The Morgan fingerprint density at radius 2 is 1.62 bits per heavy atom. The van der Waals surface area contributed by atoms with E-state index in [1.807, 2.05) is 60.8 Å². The molecule has 4 N–H and O–H groups in total. The van der Waals surface area contributed by atoms with Gasteiger partial charge in [-0.3, -0.25) is 10.1 Å². The second-order valence-corrected chi connectivity index (χ2v) is 6.43. The van der Waals surface area contributed by atoms with Gasteiger partial charge in [0.1, 0.15) is 0 Å². The molecule has 0 bridgehead atoms. The van der Waals surface area contributed by atoms with Crippen LogP contribution in [0.3, 0.4) is 0 Å². The van der Waals surface area contributed by atoms with Gasteiger partial charge in [0, 0.05) is 18.5 Å². The van der Waals surface area contributed by atoms with E-state index >= 15 is 0 Å². The lowest BCUT2D eigenvalue weighted by Crippen LogP contribution is -2.92. The minimum atomic E-state index is -0.455. The molecule has 2 aromatic carbocycles. The van der Waals surface area contributed by atoms with Crippen molar-refractivity contribution in [2.45, 2.75) is 38.8 Å². The molecule has 5 nitrogen and oxygen atoms in total. The molecule has 138 valence electrons. The molecule has 0 aliphatic carbocycles. The summed E-state index contributed by atoms with van der Waals surface area (Å²) in [6.07, 6.45) is 1.90. The Morgan fingerprint density at radius 1 is 1.00 bits per heavy atom. The van der Waals surface area contributed by atoms with E-state index in [-0.39, 0.29) is 11.9 Å². The van der Waals surface area contributed by atoms with Gasteiger partial charge in [-0.2, -0.15) is 0 Å². The van der Waals surface area contributed by atoms with E-state index in [1.165, 1.54) is 5.56 Å². The molecule has 0 aliphatic rings. The highest BCUT2D eigenvalue weighted by Gasteiger charge is 2.27. The Bertz CT molecular complexity index is 689. The first-order valence-electron chi connectivity index (χ1n) is 9.12. The van der Waals surface area contributed by atoms with Crippen LogP contribution in [0.5, 0.6) is 0 Å². The van der Waals surface area contributed by atoms with Crippen LogP contribution in [0.2, 0.25) is 0 Å². The Hall–Kier alpha value is -2.66. The van der Waals surface area contributed by atoms with Crippen LogP contribution in [0.1, 0.15) is 37.4 Å². The van der Waals surface area contributed by atoms with E-state index in [0.717, 1.165) is 18.4 Å². The van der Waals surface area contributed by atoms with Crippen molar-refractivity contribution in [3.8, 4) is 0 Å². The third kappa shape index (κ3) is 6.33. The molecule has 0 unspecified atom stereocenters. The van der Waals surface area contributed by atoms with Crippen LogP contribution in [0.15, 0.2) is 60.7 Å². The Labute approximate surface area is 155 Å². The van der Waals surface area contributed by atoms with Crippen molar-refractivity contribution < 1.29 is 14.9 Å². The third-order valence-corrected chi connectivity index (χ3v) is 4.27. The minimum Gasteiger partial charge on any atom is -0.338 e. The fraction of sp³-hybridized carbons (Fsp3) is 0.333. The number of amides is 3. The number of carbonyl (C=O) groups excluding carboxylic acids is 2. The van der Waals surface area contributed by atoms with Gasteiger partial charge in [-0.05, 0) is 25.8 Å². The van der Waals surface area contributed by atoms with Crippen molar-refractivity contribution in [1.29, 1.82) is 0 Å². The maximum Gasteiger partial charge on any atom is 0.321 e. The summed E-state index contributed by atoms with van der Waals surface area (Å²) in [5.41, 5.74) is 2.18. The number of carbonyl (C=O) groups is 2. The first kappa shape index (κ1) is 19.7. The summed E-state index contributed by atoms with van der Waals surface area (Å²) in [4.78, 5) is 24.4. The predicted molar refractivity (Wildman–Crippen MR) is 103 cm³/mol. The zero-order valence-electron chi connectivity index (χ0n) is 15.4. The molecule has 0 saturated carbocycles. The van der Waals surface area contributed by atoms with E-state index < -0.39 is 12.1 Å². The SMILES string of the molecule is CCNC(=O)NC(=O)[C@H]([NH2+][C@H](C)CCc1ccccc1)c1ccccc1. The molecule has 5 heteroatoms. The van der Waals surface area contributed by atoms with Gasteiger partial charge >= 0.3 is 6.03 Å². The molecule has 0 saturated heterocycles. The highest BCUT2D eigenvalue weighted by atomic mass is 16.2. The summed E-state index contributed by atoms with van der Waals surface area (Å²) in [5, 5.41) is 7.07. The highest BCUT2D eigenvalue weighted by Crippen LogP contribution is 2.10. The van der Waals surface area contributed by atoms with Gasteiger partial charge in [0.05, 0.1) is 6.04 Å². The summed E-state index contributed by atoms with van der Waals surface area (Å²) in [5.74, 6) is -0.297. The van der Waals surface area contributed by atoms with Gasteiger partial charge in [-0.25, -0.2) is 4.79 Å². The van der Waals surface area contributed by atoms with Crippen molar-refractivity contribution in [1.82, 2.24) is 10.6 Å². The Morgan fingerprint density at radius 3 is 2.23 bits per heavy atom. The van der Waals surface area contributed by atoms with Crippen molar-refractivity contribution in [2.24, 2.45) is 0 Å². The highest BCUT2D eigenvalue weighted by molar-refractivity contribution is 5.96. The maximum absolute atomic E-state index is 12.6. The van der Waals surface area contributed by atoms with Crippen LogP contribution in [-0.2, 0) is 11.2 Å². The molecule has 0 aromatic heterocycles. The first-order valence-corrected chi connectivity index (χ1v) is 9.12. The average Bonchev–Trinajstić information content (AvgIpc) is 2.66. The zero-order chi connectivity index (χ0) is 18.8. The molecule has 26 heavy (non-hydrogen) atoms. The molecule has 0 radical (unpaired) electrons. The van der Waals surface area contributed by atoms with Gasteiger partial charge in [0.25, 0.3) is 5.91 Å². The summed E-state index contributed by atoms with van der Waals surface area (Å²) in [6.45, 7) is 4.40. The fourth-order valence-corrected chi connectivity index (χ4v) is 2.87.